The monoisotopic (exact) mass is 625 g/mol. The van der Waals surface area contributed by atoms with E-state index in [0.717, 1.165) is 18.4 Å². The average molecular weight is 627 g/mol. The first-order valence-corrected chi connectivity index (χ1v) is 14.9. The molecule has 0 fully saturated rings. The lowest BCUT2D eigenvalue weighted by molar-refractivity contribution is 0.145. The van der Waals surface area contributed by atoms with Crippen LogP contribution < -0.4 is 0 Å². The Balaban J connectivity index is -0.000000221. The Bertz CT molecular complexity index is 763. The van der Waals surface area contributed by atoms with E-state index in [1.54, 1.807) is 4.90 Å². The van der Waals surface area contributed by atoms with Crippen molar-refractivity contribution in [3.8, 4) is 24.7 Å². The van der Waals surface area contributed by atoms with Gasteiger partial charge >= 0.3 is 0 Å². The Morgan fingerprint density at radius 1 is 0.650 bits per heavy atom. The molecule has 0 bridgehead atoms. The van der Waals surface area contributed by atoms with E-state index in [4.69, 9.17) is 23.9 Å². The molecule has 0 unspecified atom stereocenters. The summed E-state index contributed by atoms with van der Waals surface area (Å²) in [5, 5.41) is 7.95. The minimum atomic E-state index is -0.178. The number of terminal acetylenes is 2. The minimum absolute atomic E-state index is 0.0682. The summed E-state index contributed by atoms with van der Waals surface area (Å²) in [4.78, 5) is 11.6. The quantitative estimate of drug-likeness (QED) is 0.0838. The highest BCUT2D eigenvalue weighted by atomic mass is 79.9. The lowest BCUT2D eigenvalue weighted by atomic mass is 9.94. The number of halogens is 1. The molecule has 0 aliphatic rings. The highest BCUT2D eigenvalue weighted by Crippen LogP contribution is 2.18. The van der Waals surface area contributed by atoms with Crippen molar-refractivity contribution < 1.29 is 0 Å². The molecular formula is C30H60BrN9. The minimum Gasteiger partial charge on any atom is -0.299 e. The Morgan fingerprint density at radius 3 is 1.10 bits per heavy atom. The van der Waals surface area contributed by atoms with Crippen molar-refractivity contribution in [1.82, 2.24) is 14.7 Å². The molecule has 0 saturated heterocycles. The number of hydrogen-bond acceptors (Lipinski definition) is 5. The van der Waals surface area contributed by atoms with E-state index in [1.807, 2.05) is 20.8 Å². The second-order valence-corrected chi connectivity index (χ2v) is 14.0. The summed E-state index contributed by atoms with van der Waals surface area (Å²) in [6, 6.07) is 0. The SMILES string of the molecule is C#CCN(CC#C)C(C)(C)C.CC(C)(C)CCBr.CC(C)(C)N(CN=[N+]=[N-])CN=[N+]=[N-].CCN(CC)C(C)(C)C. The van der Waals surface area contributed by atoms with Crippen LogP contribution in [0.3, 0.4) is 0 Å². The first-order valence-electron chi connectivity index (χ1n) is 13.8. The third kappa shape index (κ3) is 30.6. The second kappa shape index (κ2) is 23.8. The number of nitrogens with zero attached hydrogens (tertiary/aromatic N) is 9. The van der Waals surface area contributed by atoms with Crippen molar-refractivity contribution in [2.24, 2.45) is 15.6 Å². The molecule has 0 radical (unpaired) electrons. The average Bonchev–Trinajstić information content (AvgIpc) is 2.78. The van der Waals surface area contributed by atoms with Gasteiger partial charge < -0.3 is 0 Å². The van der Waals surface area contributed by atoms with Gasteiger partial charge in [-0.2, -0.15) is 0 Å². The molecular weight excluding hydrogens is 566 g/mol. The molecule has 0 spiro atoms. The molecule has 0 aromatic heterocycles. The Kier molecular flexibility index (Phi) is 26.8. The first-order chi connectivity index (χ1) is 18.1. The molecule has 0 rings (SSSR count). The van der Waals surface area contributed by atoms with Crippen LogP contribution in [0.2, 0.25) is 0 Å². The van der Waals surface area contributed by atoms with Crippen LogP contribution in [0.25, 0.3) is 20.9 Å². The maximum atomic E-state index is 8.13. The Hall–Kier alpha value is -1.90. The molecule has 40 heavy (non-hydrogen) atoms. The fraction of sp³-hybridized carbons (Fsp3) is 0.867. The van der Waals surface area contributed by atoms with Crippen LogP contribution in [0.4, 0.5) is 0 Å². The molecule has 0 heterocycles. The van der Waals surface area contributed by atoms with Crippen molar-refractivity contribution in [3.63, 3.8) is 0 Å². The predicted octanol–water partition coefficient (Wildman–Crippen LogP) is 8.92. The lowest BCUT2D eigenvalue weighted by Crippen LogP contribution is -2.41. The maximum absolute atomic E-state index is 8.13. The van der Waals surface area contributed by atoms with Gasteiger partial charge in [0.05, 0.1) is 26.4 Å². The summed E-state index contributed by atoms with van der Waals surface area (Å²) in [6.07, 6.45) is 11.6. The number of alkyl halides is 1. The standard InChI is InChI=1S/C10H15N.C8H19N.C6H13Br.C6H13N7/c1-6-8-11(9-7-2)10(3,4)5;1-6-9(7-2)8(3,4)5;1-6(2,3)4-5-7;1-6(2,3)13(4-9-11-7)5-10-12-8/h1-2H,8-9H2,3-5H3;6-7H2,1-5H3;4-5H2,1-3H3;4-5H2,1-3H3. The summed E-state index contributed by atoms with van der Waals surface area (Å²) in [6.45, 7) is 34.0. The summed E-state index contributed by atoms with van der Waals surface area (Å²) in [5.41, 5.74) is 17.0. The summed E-state index contributed by atoms with van der Waals surface area (Å²) in [7, 11) is 0. The third-order valence-corrected chi connectivity index (χ3v) is 6.01. The van der Waals surface area contributed by atoms with Gasteiger partial charge in [-0.25, -0.2) is 0 Å². The highest BCUT2D eigenvalue weighted by molar-refractivity contribution is 9.09. The van der Waals surface area contributed by atoms with Gasteiger partial charge in [0.2, 0.25) is 0 Å². The normalized spacial score (nSPS) is 11.3. The van der Waals surface area contributed by atoms with E-state index in [9.17, 15) is 0 Å². The van der Waals surface area contributed by atoms with E-state index in [0.29, 0.717) is 24.0 Å². The van der Waals surface area contributed by atoms with Crippen LogP contribution in [0.1, 0.15) is 103 Å². The number of azide groups is 2. The molecule has 0 aromatic carbocycles. The zero-order valence-electron chi connectivity index (χ0n) is 28.2. The van der Waals surface area contributed by atoms with Gasteiger partial charge in [-0.3, -0.25) is 14.7 Å². The molecule has 10 heteroatoms. The summed E-state index contributed by atoms with van der Waals surface area (Å²) < 4.78 is 0. The number of rotatable bonds is 9. The van der Waals surface area contributed by atoms with Crippen molar-refractivity contribution in [2.75, 3.05) is 44.8 Å². The van der Waals surface area contributed by atoms with Gasteiger partial charge in [0.1, 0.15) is 0 Å². The molecule has 0 aliphatic carbocycles. The van der Waals surface area contributed by atoms with E-state index < -0.39 is 0 Å². The van der Waals surface area contributed by atoms with E-state index in [2.05, 4.69) is 134 Å². The zero-order chi connectivity index (χ0) is 32.6. The van der Waals surface area contributed by atoms with Crippen molar-refractivity contribution in [3.05, 3.63) is 20.9 Å². The van der Waals surface area contributed by atoms with Gasteiger partial charge in [-0.1, -0.05) is 72.6 Å². The van der Waals surface area contributed by atoms with Gasteiger partial charge in [0.25, 0.3) is 0 Å². The van der Waals surface area contributed by atoms with E-state index in [1.165, 1.54) is 6.42 Å². The smallest absolute Gasteiger partial charge is 0.0779 e. The van der Waals surface area contributed by atoms with E-state index in [-0.39, 0.29) is 24.4 Å². The Labute approximate surface area is 256 Å². The van der Waals surface area contributed by atoms with Crippen molar-refractivity contribution >= 4 is 15.9 Å². The van der Waals surface area contributed by atoms with Crippen LogP contribution in [0.5, 0.6) is 0 Å². The van der Waals surface area contributed by atoms with Crippen molar-refractivity contribution in [2.45, 2.75) is 120 Å². The molecule has 9 nitrogen and oxygen atoms in total. The van der Waals surface area contributed by atoms with Crippen LogP contribution in [0, 0.1) is 30.1 Å². The molecule has 0 amide bonds. The van der Waals surface area contributed by atoms with Crippen LogP contribution in [-0.4, -0.2) is 76.2 Å². The van der Waals surface area contributed by atoms with Crippen LogP contribution in [-0.2, 0) is 0 Å². The van der Waals surface area contributed by atoms with Gasteiger partial charge in [-0.05, 0) is 98.3 Å². The fourth-order valence-electron chi connectivity index (χ4n) is 2.88. The largest absolute Gasteiger partial charge is 0.299 e. The molecule has 0 saturated carbocycles. The Morgan fingerprint density at radius 2 is 0.975 bits per heavy atom. The van der Waals surface area contributed by atoms with Gasteiger partial charge in [0.15, 0.2) is 0 Å². The number of hydrogen-bond donors (Lipinski definition) is 0. The summed E-state index contributed by atoms with van der Waals surface area (Å²) in [5.74, 6) is 5.18. The highest BCUT2D eigenvalue weighted by Gasteiger charge is 2.20. The molecule has 232 valence electrons. The third-order valence-electron chi connectivity index (χ3n) is 5.61. The van der Waals surface area contributed by atoms with Crippen molar-refractivity contribution in [1.29, 1.82) is 0 Å². The van der Waals surface area contributed by atoms with Crippen LogP contribution in [0.15, 0.2) is 10.2 Å². The predicted molar refractivity (Wildman–Crippen MR) is 179 cm³/mol. The topological polar surface area (TPSA) is 107 Å². The molecule has 0 N–H and O–H groups in total. The molecule has 0 atom stereocenters. The fourth-order valence-corrected chi connectivity index (χ4v) is 4.07. The van der Waals surface area contributed by atoms with Crippen LogP contribution >= 0.6 is 15.9 Å². The van der Waals surface area contributed by atoms with Gasteiger partial charge in [-0.15, -0.1) is 12.8 Å². The van der Waals surface area contributed by atoms with E-state index >= 15 is 0 Å². The summed E-state index contributed by atoms with van der Waals surface area (Å²) >= 11 is 3.39. The van der Waals surface area contributed by atoms with Gasteiger partial charge in [0, 0.05) is 31.8 Å². The molecule has 0 aromatic rings. The maximum Gasteiger partial charge on any atom is 0.0779 e. The molecule has 0 aliphatic heterocycles. The first kappa shape index (κ1) is 45.1. The second-order valence-electron chi connectivity index (χ2n) is 13.2. The lowest BCUT2D eigenvalue weighted by Gasteiger charge is -2.33. The zero-order valence-corrected chi connectivity index (χ0v) is 29.8.